The van der Waals surface area contributed by atoms with Gasteiger partial charge in [-0.15, -0.1) is 0 Å². The third kappa shape index (κ3) is 13.3. The standard InChI is InChI=1S/C18H44O5Si4/c1-15(20-24(2,3)4)17(22-26(8,9)10)18(23-27(11,12)13)16(14-19)21-25(5,6)7/h14-18H,1-13H3/t15-,16-,17-,18-/m1/s1. The van der Waals surface area contributed by atoms with E-state index in [-0.39, 0.29) is 12.2 Å². The van der Waals surface area contributed by atoms with Gasteiger partial charge in [0.1, 0.15) is 18.5 Å². The van der Waals surface area contributed by atoms with Crippen molar-refractivity contribution in [2.75, 3.05) is 0 Å². The molecule has 0 aromatic carbocycles. The summed E-state index contributed by atoms with van der Waals surface area (Å²) < 4.78 is 25.7. The van der Waals surface area contributed by atoms with Crippen LogP contribution in [0.2, 0.25) is 78.6 Å². The van der Waals surface area contributed by atoms with Crippen LogP contribution in [0, 0.1) is 0 Å². The summed E-state index contributed by atoms with van der Waals surface area (Å²) in [6, 6.07) is 0. The maximum atomic E-state index is 12.0. The predicted octanol–water partition coefficient (Wildman–Crippen LogP) is 5.09. The van der Waals surface area contributed by atoms with Crippen LogP contribution in [0.5, 0.6) is 0 Å². The molecule has 0 aromatic rings. The maximum Gasteiger partial charge on any atom is 0.184 e. The molecule has 0 heterocycles. The third-order valence-electron chi connectivity index (χ3n) is 3.25. The summed E-state index contributed by atoms with van der Waals surface area (Å²) in [6.45, 7) is 27.7. The average Bonchev–Trinajstić information content (AvgIpc) is 2.34. The lowest BCUT2D eigenvalue weighted by molar-refractivity contribution is -0.125. The predicted molar refractivity (Wildman–Crippen MR) is 125 cm³/mol. The first-order valence-electron chi connectivity index (χ1n) is 9.91. The van der Waals surface area contributed by atoms with Gasteiger partial charge in [-0.25, -0.2) is 0 Å². The minimum Gasteiger partial charge on any atom is -0.412 e. The van der Waals surface area contributed by atoms with Crippen LogP contribution >= 0.6 is 0 Å². The largest absolute Gasteiger partial charge is 0.412 e. The van der Waals surface area contributed by atoms with Crippen LogP contribution in [-0.4, -0.2) is 64.0 Å². The minimum absolute atomic E-state index is 0.169. The number of carbonyl (C=O) groups excluding carboxylic acids is 1. The van der Waals surface area contributed by atoms with Crippen LogP contribution in [0.4, 0.5) is 0 Å². The third-order valence-corrected chi connectivity index (χ3v) is 7.27. The highest BCUT2D eigenvalue weighted by molar-refractivity contribution is 6.71. The zero-order chi connectivity index (χ0) is 21.8. The van der Waals surface area contributed by atoms with Crippen LogP contribution in [0.25, 0.3) is 0 Å². The van der Waals surface area contributed by atoms with E-state index in [0.29, 0.717) is 0 Å². The average molecular weight is 453 g/mol. The van der Waals surface area contributed by atoms with E-state index in [1.54, 1.807) is 0 Å². The molecule has 0 N–H and O–H groups in total. The fraction of sp³-hybridized carbons (Fsp3) is 0.944. The molecule has 0 aliphatic heterocycles. The number of hydrogen-bond donors (Lipinski definition) is 0. The Bertz CT molecular complexity index is 460. The van der Waals surface area contributed by atoms with Crippen molar-refractivity contribution in [2.24, 2.45) is 0 Å². The van der Waals surface area contributed by atoms with Gasteiger partial charge < -0.3 is 22.5 Å². The van der Waals surface area contributed by atoms with Crippen molar-refractivity contribution in [2.45, 2.75) is 110 Å². The molecular formula is C18H44O5Si4. The van der Waals surface area contributed by atoms with Gasteiger partial charge in [-0.3, -0.25) is 0 Å². The Balaban J connectivity index is 6.03. The lowest BCUT2D eigenvalue weighted by atomic mass is 10.1. The molecular weight excluding hydrogens is 409 g/mol. The van der Waals surface area contributed by atoms with Crippen LogP contribution < -0.4 is 0 Å². The van der Waals surface area contributed by atoms with E-state index in [2.05, 4.69) is 78.6 Å². The second-order valence-corrected chi connectivity index (χ2v) is 29.0. The lowest BCUT2D eigenvalue weighted by Crippen LogP contribution is -2.58. The van der Waals surface area contributed by atoms with Gasteiger partial charge in [0, 0.05) is 0 Å². The number of carbonyl (C=O) groups is 1. The summed E-state index contributed by atoms with van der Waals surface area (Å²) in [5.41, 5.74) is 0. The second kappa shape index (κ2) is 9.92. The summed E-state index contributed by atoms with van der Waals surface area (Å²) in [6.07, 6.45) is -0.708. The molecule has 0 saturated heterocycles. The topological polar surface area (TPSA) is 54.0 Å². The number of aldehydes is 1. The monoisotopic (exact) mass is 452 g/mol. The molecule has 0 aliphatic carbocycles. The van der Waals surface area contributed by atoms with E-state index < -0.39 is 45.5 Å². The molecule has 0 aromatic heterocycles. The molecule has 0 radical (unpaired) electrons. The lowest BCUT2D eigenvalue weighted by Gasteiger charge is -2.43. The molecule has 27 heavy (non-hydrogen) atoms. The van der Waals surface area contributed by atoms with Crippen molar-refractivity contribution >= 4 is 39.6 Å². The van der Waals surface area contributed by atoms with Crippen LogP contribution in [0.1, 0.15) is 6.92 Å². The van der Waals surface area contributed by atoms with Crippen molar-refractivity contribution < 1.29 is 22.5 Å². The normalized spacial score (nSPS) is 18.7. The van der Waals surface area contributed by atoms with E-state index >= 15 is 0 Å². The van der Waals surface area contributed by atoms with Gasteiger partial charge in [0.25, 0.3) is 0 Å². The van der Waals surface area contributed by atoms with Crippen molar-refractivity contribution in [3.05, 3.63) is 0 Å². The zero-order valence-electron chi connectivity index (χ0n) is 19.9. The minimum atomic E-state index is -1.95. The second-order valence-electron chi connectivity index (χ2n) is 11.2. The van der Waals surface area contributed by atoms with Crippen LogP contribution in [0.3, 0.4) is 0 Å². The van der Waals surface area contributed by atoms with Crippen LogP contribution in [0.15, 0.2) is 0 Å². The number of hydrogen-bond acceptors (Lipinski definition) is 5. The maximum absolute atomic E-state index is 12.0. The van der Waals surface area contributed by atoms with Gasteiger partial charge in [0.05, 0.1) is 12.2 Å². The van der Waals surface area contributed by atoms with Crippen molar-refractivity contribution in [3.8, 4) is 0 Å². The van der Waals surface area contributed by atoms with Gasteiger partial charge >= 0.3 is 0 Å². The van der Waals surface area contributed by atoms with E-state index in [4.69, 9.17) is 17.7 Å². The Kier molecular flexibility index (Phi) is 10.1. The SMILES string of the molecule is C[C@@H](O[Si](C)(C)C)[C@@H](O[Si](C)(C)C)[C@H](O[Si](C)(C)C)[C@@H](C=O)O[Si](C)(C)C. The van der Waals surface area contributed by atoms with Gasteiger partial charge in [-0.1, -0.05) is 0 Å². The highest BCUT2D eigenvalue weighted by Crippen LogP contribution is 2.27. The van der Waals surface area contributed by atoms with E-state index in [1.807, 2.05) is 6.92 Å². The fourth-order valence-corrected chi connectivity index (χ4v) is 7.26. The Morgan fingerprint density at radius 3 is 1.19 bits per heavy atom. The molecule has 0 unspecified atom stereocenters. The molecule has 162 valence electrons. The van der Waals surface area contributed by atoms with Gasteiger partial charge in [-0.2, -0.15) is 0 Å². The summed E-state index contributed by atoms with van der Waals surface area (Å²) >= 11 is 0. The molecule has 0 fully saturated rings. The zero-order valence-corrected chi connectivity index (χ0v) is 23.9. The molecule has 0 amide bonds. The first-order valence-corrected chi connectivity index (χ1v) is 23.5. The summed E-state index contributed by atoms with van der Waals surface area (Å²) in [4.78, 5) is 12.0. The highest BCUT2D eigenvalue weighted by Gasteiger charge is 2.43. The van der Waals surface area contributed by atoms with Crippen molar-refractivity contribution in [3.63, 3.8) is 0 Å². The fourth-order valence-electron chi connectivity index (χ4n) is 2.77. The summed E-state index contributed by atoms with van der Waals surface area (Å²) in [5, 5.41) is 0. The van der Waals surface area contributed by atoms with Crippen molar-refractivity contribution in [1.29, 1.82) is 0 Å². The smallest absolute Gasteiger partial charge is 0.184 e. The quantitative estimate of drug-likeness (QED) is 0.305. The van der Waals surface area contributed by atoms with Gasteiger partial charge in [0.15, 0.2) is 33.3 Å². The highest BCUT2D eigenvalue weighted by atomic mass is 28.4. The Morgan fingerprint density at radius 1 is 0.556 bits per heavy atom. The molecule has 4 atom stereocenters. The molecule has 0 saturated carbocycles. The molecule has 0 bridgehead atoms. The van der Waals surface area contributed by atoms with Gasteiger partial charge in [-0.05, 0) is 85.5 Å². The molecule has 0 aliphatic rings. The Morgan fingerprint density at radius 2 is 0.889 bits per heavy atom. The van der Waals surface area contributed by atoms with Crippen LogP contribution in [-0.2, 0) is 22.5 Å². The molecule has 5 nitrogen and oxygen atoms in total. The van der Waals surface area contributed by atoms with E-state index in [9.17, 15) is 4.79 Å². The summed E-state index contributed by atoms with van der Waals surface area (Å²) in [7, 11) is -7.57. The van der Waals surface area contributed by atoms with E-state index in [0.717, 1.165) is 6.29 Å². The molecule has 0 rings (SSSR count). The first kappa shape index (κ1) is 27.4. The first-order chi connectivity index (χ1) is 11.7. The number of rotatable bonds is 12. The molecule has 9 heteroatoms. The van der Waals surface area contributed by atoms with Crippen molar-refractivity contribution in [1.82, 2.24) is 0 Å². The Hall–Kier alpha value is 0.378. The molecule has 0 spiro atoms. The Labute approximate surface area is 172 Å². The summed E-state index contributed by atoms with van der Waals surface area (Å²) in [5.74, 6) is 0. The van der Waals surface area contributed by atoms with Gasteiger partial charge in [0.2, 0.25) is 0 Å². The van der Waals surface area contributed by atoms with E-state index in [1.165, 1.54) is 0 Å².